The first-order valence-electron chi connectivity index (χ1n) is 11.1. The lowest BCUT2D eigenvalue weighted by Crippen LogP contribution is -2.41. The molecule has 0 atom stereocenters. The number of rotatable bonds is 7. The van der Waals surface area contributed by atoms with Crippen molar-refractivity contribution >= 4 is 17.5 Å². The lowest BCUT2D eigenvalue weighted by Gasteiger charge is -2.32. The third-order valence-corrected chi connectivity index (χ3v) is 5.85. The van der Waals surface area contributed by atoms with Crippen LogP contribution in [-0.4, -0.2) is 36.4 Å². The van der Waals surface area contributed by atoms with E-state index >= 15 is 0 Å². The zero-order valence-electron chi connectivity index (χ0n) is 18.1. The van der Waals surface area contributed by atoms with Crippen molar-refractivity contribution in [3.05, 3.63) is 96.1 Å². The number of hydrogen-bond donors (Lipinski definition) is 1. The van der Waals surface area contributed by atoms with Gasteiger partial charge in [-0.25, -0.2) is 0 Å². The Kier molecular flexibility index (Phi) is 7.18. The number of carbonyl (C=O) groups is 2. The van der Waals surface area contributed by atoms with Crippen LogP contribution in [0.4, 0.5) is 5.69 Å². The lowest BCUT2D eigenvalue weighted by molar-refractivity contribution is -0.134. The molecule has 1 fully saturated rings. The third-order valence-electron chi connectivity index (χ3n) is 5.85. The summed E-state index contributed by atoms with van der Waals surface area (Å²) in [6, 6.07) is 26.8. The molecule has 1 N–H and O–H groups in total. The molecule has 3 aromatic rings. The minimum atomic E-state index is -0.263. The minimum Gasteiger partial charge on any atom is -0.483 e. The molecular weight excluding hydrogens is 400 g/mol. The van der Waals surface area contributed by atoms with Gasteiger partial charge in [-0.2, -0.15) is 0 Å². The van der Waals surface area contributed by atoms with E-state index < -0.39 is 0 Å². The van der Waals surface area contributed by atoms with Crippen molar-refractivity contribution in [2.75, 3.05) is 25.0 Å². The Hall–Kier alpha value is -3.60. The second kappa shape index (κ2) is 10.6. The van der Waals surface area contributed by atoms with Crippen LogP contribution in [0.25, 0.3) is 0 Å². The van der Waals surface area contributed by atoms with Gasteiger partial charge in [0.2, 0.25) is 0 Å². The molecular formula is C27H28N2O3. The van der Waals surface area contributed by atoms with E-state index in [1.54, 1.807) is 24.3 Å². The van der Waals surface area contributed by atoms with Crippen LogP contribution in [0, 0.1) is 5.92 Å². The van der Waals surface area contributed by atoms with Gasteiger partial charge in [0.25, 0.3) is 11.8 Å². The molecule has 164 valence electrons. The van der Waals surface area contributed by atoms with Crippen molar-refractivity contribution in [3.63, 3.8) is 0 Å². The molecule has 0 aliphatic carbocycles. The quantitative estimate of drug-likeness (QED) is 0.588. The Labute approximate surface area is 189 Å². The maximum Gasteiger partial charge on any atom is 0.260 e. The highest BCUT2D eigenvalue weighted by Crippen LogP contribution is 2.23. The molecule has 0 saturated carbocycles. The summed E-state index contributed by atoms with van der Waals surface area (Å²) in [6.45, 7) is 1.42. The minimum absolute atomic E-state index is 0.0403. The van der Waals surface area contributed by atoms with Crippen molar-refractivity contribution in [1.29, 1.82) is 0 Å². The molecule has 4 rings (SSSR count). The number of likely N-dealkylation sites (tertiary alicyclic amines) is 1. The molecule has 5 heteroatoms. The first-order valence-corrected chi connectivity index (χ1v) is 11.1. The summed E-state index contributed by atoms with van der Waals surface area (Å²) in [5.74, 6) is 0.709. The third kappa shape index (κ3) is 5.76. The molecule has 5 nitrogen and oxygen atoms in total. The average molecular weight is 429 g/mol. The standard InChI is InChI=1S/C27H28N2O3/c30-26(29-17-15-22(16-18-29)19-21-9-3-1-4-10-21)20-32-25-14-8-7-13-24(25)27(31)28-23-11-5-2-6-12-23/h1-14,22H,15-20H2,(H,28,31). The van der Waals surface area contributed by atoms with Crippen LogP contribution < -0.4 is 10.1 Å². The van der Waals surface area contributed by atoms with E-state index in [9.17, 15) is 9.59 Å². The number of benzene rings is 3. The van der Waals surface area contributed by atoms with Crippen LogP contribution in [0.2, 0.25) is 0 Å². The van der Waals surface area contributed by atoms with E-state index in [4.69, 9.17) is 4.74 Å². The number of ether oxygens (including phenoxy) is 1. The van der Waals surface area contributed by atoms with Crippen LogP contribution in [0.5, 0.6) is 5.75 Å². The monoisotopic (exact) mass is 428 g/mol. The molecule has 2 amide bonds. The summed E-state index contributed by atoms with van der Waals surface area (Å²) in [4.78, 5) is 27.3. The SMILES string of the molecule is O=C(Nc1ccccc1)c1ccccc1OCC(=O)N1CCC(Cc2ccccc2)CC1. The summed E-state index contributed by atoms with van der Waals surface area (Å²) in [6.07, 6.45) is 3.05. The van der Waals surface area contributed by atoms with Crippen molar-refractivity contribution in [2.24, 2.45) is 5.92 Å². The number of para-hydroxylation sites is 2. The molecule has 1 heterocycles. The van der Waals surface area contributed by atoms with Gasteiger partial charge < -0.3 is 15.0 Å². The highest BCUT2D eigenvalue weighted by molar-refractivity contribution is 6.06. The molecule has 1 saturated heterocycles. The molecule has 0 bridgehead atoms. The predicted molar refractivity (Wildman–Crippen MR) is 126 cm³/mol. The number of anilines is 1. The molecule has 0 radical (unpaired) electrons. The van der Waals surface area contributed by atoms with Crippen LogP contribution in [0.3, 0.4) is 0 Å². The second-order valence-corrected chi connectivity index (χ2v) is 8.12. The normalized spacial score (nSPS) is 14.1. The topological polar surface area (TPSA) is 58.6 Å². The zero-order chi connectivity index (χ0) is 22.2. The van der Waals surface area contributed by atoms with Gasteiger partial charge in [0.1, 0.15) is 5.75 Å². The van der Waals surface area contributed by atoms with E-state index in [0.717, 1.165) is 32.4 Å². The van der Waals surface area contributed by atoms with Crippen molar-refractivity contribution in [1.82, 2.24) is 4.90 Å². The smallest absolute Gasteiger partial charge is 0.260 e. The van der Waals surface area contributed by atoms with Gasteiger partial charge in [-0.3, -0.25) is 9.59 Å². The fourth-order valence-electron chi connectivity index (χ4n) is 4.06. The average Bonchev–Trinajstić information content (AvgIpc) is 2.84. The number of nitrogens with one attached hydrogen (secondary N) is 1. The van der Waals surface area contributed by atoms with Crippen molar-refractivity contribution < 1.29 is 14.3 Å². The van der Waals surface area contributed by atoms with Crippen LogP contribution in [0.1, 0.15) is 28.8 Å². The van der Waals surface area contributed by atoms with E-state index in [1.165, 1.54) is 5.56 Å². The molecule has 1 aliphatic heterocycles. The van der Waals surface area contributed by atoms with Gasteiger partial charge in [0.05, 0.1) is 5.56 Å². The lowest BCUT2D eigenvalue weighted by atomic mass is 9.90. The Balaban J connectivity index is 1.29. The highest BCUT2D eigenvalue weighted by atomic mass is 16.5. The Morgan fingerprint density at radius 1 is 0.844 bits per heavy atom. The van der Waals surface area contributed by atoms with Gasteiger partial charge in [0, 0.05) is 18.8 Å². The van der Waals surface area contributed by atoms with Crippen LogP contribution in [0.15, 0.2) is 84.9 Å². The Morgan fingerprint density at radius 2 is 1.47 bits per heavy atom. The summed E-state index contributed by atoms with van der Waals surface area (Å²) < 4.78 is 5.78. The first kappa shape index (κ1) is 21.6. The molecule has 0 spiro atoms. The highest BCUT2D eigenvalue weighted by Gasteiger charge is 2.23. The number of hydrogen-bond acceptors (Lipinski definition) is 3. The molecule has 1 aliphatic rings. The number of nitrogens with zero attached hydrogens (tertiary/aromatic N) is 1. The van der Waals surface area contributed by atoms with Gasteiger partial charge >= 0.3 is 0 Å². The predicted octanol–water partition coefficient (Wildman–Crippen LogP) is 4.80. The van der Waals surface area contributed by atoms with Crippen LogP contribution >= 0.6 is 0 Å². The molecule has 3 aromatic carbocycles. The number of amides is 2. The Morgan fingerprint density at radius 3 is 2.19 bits per heavy atom. The summed E-state index contributed by atoms with van der Waals surface area (Å²) in [5, 5.41) is 2.86. The maximum absolute atomic E-state index is 12.7. The summed E-state index contributed by atoms with van der Waals surface area (Å²) in [5.41, 5.74) is 2.47. The van der Waals surface area contributed by atoms with Crippen molar-refractivity contribution in [2.45, 2.75) is 19.3 Å². The van der Waals surface area contributed by atoms with E-state index in [0.29, 0.717) is 22.9 Å². The van der Waals surface area contributed by atoms with Crippen molar-refractivity contribution in [3.8, 4) is 5.75 Å². The fourth-order valence-corrected chi connectivity index (χ4v) is 4.06. The van der Waals surface area contributed by atoms with Crippen LogP contribution in [-0.2, 0) is 11.2 Å². The fraction of sp³-hybridized carbons (Fsp3) is 0.259. The largest absolute Gasteiger partial charge is 0.483 e. The van der Waals surface area contributed by atoms with Gasteiger partial charge in [-0.05, 0) is 55.0 Å². The van der Waals surface area contributed by atoms with E-state index in [1.807, 2.05) is 41.3 Å². The van der Waals surface area contributed by atoms with E-state index in [2.05, 4.69) is 29.6 Å². The second-order valence-electron chi connectivity index (χ2n) is 8.12. The van der Waals surface area contributed by atoms with Gasteiger partial charge in [-0.1, -0.05) is 60.7 Å². The summed E-state index contributed by atoms with van der Waals surface area (Å²) in [7, 11) is 0. The zero-order valence-corrected chi connectivity index (χ0v) is 18.1. The number of carbonyl (C=O) groups excluding carboxylic acids is 2. The molecule has 32 heavy (non-hydrogen) atoms. The molecule has 0 aromatic heterocycles. The maximum atomic E-state index is 12.7. The van der Waals surface area contributed by atoms with Gasteiger partial charge in [0.15, 0.2) is 6.61 Å². The Bertz CT molecular complexity index is 1030. The van der Waals surface area contributed by atoms with E-state index in [-0.39, 0.29) is 18.4 Å². The van der Waals surface area contributed by atoms with Gasteiger partial charge in [-0.15, -0.1) is 0 Å². The number of piperidine rings is 1. The first-order chi connectivity index (χ1) is 15.7. The summed E-state index contributed by atoms with van der Waals surface area (Å²) >= 11 is 0. The molecule has 0 unspecified atom stereocenters.